The third-order valence-corrected chi connectivity index (χ3v) is 8.11. The highest BCUT2D eigenvalue weighted by Crippen LogP contribution is 2.35. The highest BCUT2D eigenvalue weighted by Gasteiger charge is 2.35. The Labute approximate surface area is 254 Å². The molecule has 8 nitrogen and oxygen atoms in total. The van der Waals surface area contributed by atoms with Crippen molar-refractivity contribution in [1.82, 2.24) is 4.57 Å². The summed E-state index contributed by atoms with van der Waals surface area (Å²) in [7, 11) is 0. The molecule has 1 aliphatic heterocycles. The Balaban J connectivity index is 1.52. The van der Waals surface area contributed by atoms with Crippen molar-refractivity contribution in [2.75, 3.05) is 6.61 Å². The second-order valence-electron chi connectivity index (χ2n) is 9.57. The van der Waals surface area contributed by atoms with E-state index in [4.69, 9.17) is 30.9 Å². The summed E-state index contributed by atoms with van der Waals surface area (Å²) in [6.07, 6.45) is 1.63. The molecule has 1 unspecified atom stereocenters. The summed E-state index contributed by atoms with van der Waals surface area (Å²) in [5, 5.41) is 9.69. The minimum absolute atomic E-state index is 0.155. The van der Waals surface area contributed by atoms with E-state index in [-0.39, 0.29) is 23.3 Å². The van der Waals surface area contributed by atoms with Gasteiger partial charge in [-0.15, -0.1) is 0 Å². The maximum atomic E-state index is 14.0. The number of aromatic carboxylic acids is 1. The fourth-order valence-corrected chi connectivity index (χ4v) is 6.00. The van der Waals surface area contributed by atoms with Crippen molar-refractivity contribution < 1.29 is 23.8 Å². The molecule has 0 amide bonds. The fourth-order valence-electron chi connectivity index (χ4n) is 4.89. The van der Waals surface area contributed by atoms with Crippen molar-refractivity contribution in [1.29, 1.82) is 0 Å². The van der Waals surface area contributed by atoms with E-state index in [0.29, 0.717) is 48.3 Å². The number of rotatable bonds is 7. The van der Waals surface area contributed by atoms with Gasteiger partial charge in [0.2, 0.25) is 0 Å². The van der Waals surface area contributed by atoms with Crippen molar-refractivity contribution in [2.24, 2.45) is 4.99 Å². The Kier molecular flexibility index (Phi) is 7.67. The van der Waals surface area contributed by atoms with Gasteiger partial charge >= 0.3 is 11.9 Å². The van der Waals surface area contributed by atoms with E-state index >= 15 is 0 Å². The largest absolute Gasteiger partial charge is 0.478 e. The molecular weight excluding hydrogens is 588 g/mol. The average Bonchev–Trinajstić information content (AvgIpc) is 3.61. The molecular formula is C33H23ClN2O6S. The highest BCUT2D eigenvalue weighted by molar-refractivity contribution is 7.07. The Morgan fingerprint density at radius 2 is 1.72 bits per heavy atom. The van der Waals surface area contributed by atoms with Crippen molar-refractivity contribution in [3.63, 3.8) is 0 Å². The molecule has 214 valence electrons. The van der Waals surface area contributed by atoms with Crippen molar-refractivity contribution in [3.05, 3.63) is 144 Å². The molecule has 0 aliphatic carbocycles. The molecule has 3 aromatic carbocycles. The van der Waals surface area contributed by atoms with Gasteiger partial charge in [0.05, 0.1) is 34.0 Å². The number of carbonyl (C=O) groups excluding carboxylic acids is 1. The molecule has 1 N–H and O–H groups in total. The van der Waals surface area contributed by atoms with Gasteiger partial charge in [-0.25, -0.2) is 14.6 Å². The molecule has 1 atom stereocenters. The summed E-state index contributed by atoms with van der Waals surface area (Å²) in [5.41, 5.74) is 2.59. The van der Waals surface area contributed by atoms with Gasteiger partial charge in [-0.05, 0) is 48.9 Å². The van der Waals surface area contributed by atoms with Gasteiger partial charge in [-0.1, -0.05) is 77.5 Å². The SMILES string of the molecule is CCOC(=O)C1=C(c2ccccc2)N=c2s/c(=C/c3ccc(-c4ccc(C(=O)O)cc4)o3)c(=O)n2C1c1ccc(Cl)cc1. The number of hydrogen-bond acceptors (Lipinski definition) is 7. The topological polar surface area (TPSA) is 111 Å². The van der Waals surface area contributed by atoms with Crippen LogP contribution in [0.15, 0.2) is 111 Å². The summed E-state index contributed by atoms with van der Waals surface area (Å²) in [5.74, 6) is -0.631. The van der Waals surface area contributed by atoms with Gasteiger partial charge in [0.15, 0.2) is 4.80 Å². The molecule has 43 heavy (non-hydrogen) atoms. The lowest BCUT2D eigenvalue weighted by molar-refractivity contribution is -0.138. The maximum absolute atomic E-state index is 14.0. The minimum Gasteiger partial charge on any atom is -0.478 e. The smallest absolute Gasteiger partial charge is 0.338 e. The number of furan rings is 1. The summed E-state index contributed by atoms with van der Waals surface area (Å²) in [4.78, 5) is 43.9. The van der Waals surface area contributed by atoms with Crippen LogP contribution < -0.4 is 14.9 Å². The average molecular weight is 611 g/mol. The number of carboxylic acid groups (broad SMARTS) is 1. The van der Waals surface area contributed by atoms with Crippen LogP contribution in [0, 0.1) is 0 Å². The number of carbonyl (C=O) groups is 2. The van der Waals surface area contributed by atoms with Crippen LogP contribution in [-0.4, -0.2) is 28.2 Å². The zero-order valence-electron chi connectivity index (χ0n) is 22.7. The first kappa shape index (κ1) is 28.1. The number of aromatic nitrogens is 1. The van der Waals surface area contributed by atoms with Crippen LogP contribution in [0.3, 0.4) is 0 Å². The minimum atomic E-state index is -1.01. The van der Waals surface area contributed by atoms with E-state index in [1.807, 2.05) is 30.3 Å². The van der Waals surface area contributed by atoms with Crippen LogP contribution in [0.2, 0.25) is 5.02 Å². The number of halogens is 1. The standard InChI is InChI=1S/C33H23ClN2O6S/c1-2-41-32(40)27-28(20-6-4-3-5-7-20)35-33-36(29(27)21-12-14-23(34)15-13-21)30(37)26(43-33)18-24-16-17-25(42-24)19-8-10-22(11-9-19)31(38)39/h3-18,29H,2H2,1H3,(H,38,39)/b26-18+. The Hall–Kier alpha value is -4.99. The van der Waals surface area contributed by atoms with E-state index in [1.165, 1.54) is 28.0 Å². The van der Waals surface area contributed by atoms with Crippen LogP contribution in [0.5, 0.6) is 0 Å². The number of hydrogen-bond donors (Lipinski definition) is 1. The molecule has 10 heteroatoms. The maximum Gasteiger partial charge on any atom is 0.338 e. The monoisotopic (exact) mass is 610 g/mol. The molecule has 0 radical (unpaired) electrons. The fraction of sp³-hybridized carbons (Fsp3) is 0.0909. The molecule has 0 fully saturated rings. The van der Waals surface area contributed by atoms with Gasteiger partial charge in [0.25, 0.3) is 5.56 Å². The van der Waals surface area contributed by atoms with Crippen molar-refractivity contribution in [3.8, 4) is 11.3 Å². The number of esters is 1. The molecule has 0 saturated carbocycles. The number of benzene rings is 3. The van der Waals surface area contributed by atoms with E-state index < -0.39 is 18.0 Å². The van der Waals surface area contributed by atoms with E-state index in [1.54, 1.807) is 61.5 Å². The first-order valence-electron chi connectivity index (χ1n) is 13.3. The Morgan fingerprint density at radius 3 is 2.40 bits per heavy atom. The summed E-state index contributed by atoms with van der Waals surface area (Å²) in [6, 6.07) is 25.3. The number of fused-ring (bicyclic) bond motifs is 1. The van der Waals surface area contributed by atoms with Gasteiger partial charge in [0, 0.05) is 22.2 Å². The Morgan fingerprint density at radius 1 is 1.00 bits per heavy atom. The van der Waals surface area contributed by atoms with Crippen LogP contribution >= 0.6 is 22.9 Å². The lowest BCUT2D eigenvalue weighted by atomic mass is 9.93. The molecule has 1 aliphatic rings. The molecule has 0 saturated heterocycles. The zero-order valence-corrected chi connectivity index (χ0v) is 24.3. The first-order chi connectivity index (χ1) is 20.8. The number of thiazole rings is 1. The van der Waals surface area contributed by atoms with Crippen LogP contribution in [0.25, 0.3) is 23.1 Å². The normalized spacial score (nSPS) is 14.7. The van der Waals surface area contributed by atoms with Crippen LogP contribution in [-0.2, 0) is 9.53 Å². The van der Waals surface area contributed by atoms with E-state index in [9.17, 15) is 14.4 Å². The predicted molar refractivity (Wildman–Crippen MR) is 164 cm³/mol. The van der Waals surface area contributed by atoms with Gasteiger partial charge in [-0.3, -0.25) is 9.36 Å². The van der Waals surface area contributed by atoms with Gasteiger partial charge in [-0.2, -0.15) is 0 Å². The van der Waals surface area contributed by atoms with Gasteiger partial charge < -0.3 is 14.3 Å². The molecule has 6 rings (SSSR count). The lowest BCUT2D eigenvalue weighted by Crippen LogP contribution is -2.39. The number of carboxylic acids is 1. The number of nitrogens with zero attached hydrogens (tertiary/aromatic N) is 2. The first-order valence-corrected chi connectivity index (χ1v) is 14.5. The summed E-state index contributed by atoms with van der Waals surface area (Å²) in [6.45, 7) is 1.88. The summed E-state index contributed by atoms with van der Waals surface area (Å²) >= 11 is 7.37. The Bertz CT molecular complexity index is 2060. The van der Waals surface area contributed by atoms with E-state index in [2.05, 4.69) is 0 Å². The van der Waals surface area contributed by atoms with Gasteiger partial charge in [0.1, 0.15) is 11.5 Å². The van der Waals surface area contributed by atoms with Crippen LogP contribution in [0.4, 0.5) is 0 Å². The molecule has 0 bridgehead atoms. The highest BCUT2D eigenvalue weighted by atomic mass is 35.5. The lowest BCUT2D eigenvalue weighted by Gasteiger charge is -2.25. The van der Waals surface area contributed by atoms with Crippen molar-refractivity contribution in [2.45, 2.75) is 13.0 Å². The molecule has 3 heterocycles. The second-order valence-corrected chi connectivity index (χ2v) is 11.0. The van der Waals surface area contributed by atoms with E-state index in [0.717, 1.165) is 0 Å². The molecule has 5 aromatic rings. The second kappa shape index (κ2) is 11.7. The quantitative estimate of drug-likeness (QED) is 0.242. The third-order valence-electron chi connectivity index (χ3n) is 6.88. The number of ether oxygens (including phenoxy) is 1. The van der Waals surface area contributed by atoms with Crippen molar-refractivity contribution >= 4 is 46.6 Å². The predicted octanol–water partition coefficient (Wildman–Crippen LogP) is 5.55. The molecule has 0 spiro atoms. The summed E-state index contributed by atoms with van der Waals surface area (Å²) < 4.78 is 13.3. The third kappa shape index (κ3) is 5.48. The zero-order chi connectivity index (χ0) is 30.1. The van der Waals surface area contributed by atoms with Crippen LogP contribution in [0.1, 0.15) is 40.2 Å². The molecule has 2 aromatic heterocycles.